The molecule has 1 saturated heterocycles. The molecule has 0 bridgehead atoms. The van der Waals surface area contributed by atoms with Gasteiger partial charge in [0.15, 0.2) is 0 Å². The van der Waals surface area contributed by atoms with Gasteiger partial charge in [-0.25, -0.2) is 0 Å². The molecule has 1 amide bonds. The highest BCUT2D eigenvalue weighted by atomic mass is 16.1. The van der Waals surface area contributed by atoms with Crippen LogP contribution in [0.2, 0.25) is 0 Å². The monoisotopic (exact) mass is 413 g/mol. The van der Waals surface area contributed by atoms with Crippen molar-refractivity contribution in [2.45, 2.75) is 106 Å². The molecule has 170 valence electrons. The van der Waals surface area contributed by atoms with Crippen LogP contribution in [0.3, 0.4) is 0 Å². The Morgan fingerprint density at radius 2 is 1.83 bits per heavy atom. The van der Waals surface area contributed by atoms with Gasteiger partial charge in [0.1, 0.15) is 0 Å². The van der Waals surface area contributed by atoms with E-state index < -0.39 is 0 Å². The molecule has 0 radical (unpaired) electrons. The van der Waals surface area contributed by atoms with Crippen LogP contribution in [0.15, 0.2) is 11.8 Å². The molecule has 2 heteroatoms. The summed E-state index contributed by atoms with van der Waals surface area (Å²) >= 11 is 0. The zero-order chi connectivity index (χ0) is 21.7. The van der Waals surface area contributed by atoms with Crippen molar-refractivity contribution < 1.29 is 4.79 Å². The first-order valence-electron chi connectivity index (χ1n) is 13.2. The van der Waals surface area contributed by atoms with E-state index in [4.69, 9.17) is 0 Å². The summed E-state index contributed by atoms with van der Waals surface area (Å²) in [6.07, 6.45) is 15.4. The van der Waals surface area contributed by atoms with Crippen molar-refractivity contribution >= 4 is 5.91 Å². The first-order chi connectivity index (χ1) is 14.2. The maximum absolute atomic E-state index is 12.1. The maximum atomic E-state index is 12.1. The van der Waals surface area contributed by atoms with Crippen LogP contribution in [-0.4, -0.2) is 5.91 Å². The summed E-state index contributed by atoms with van der Waals surface area (Å²) in [7, 11) is 0. The highest BCUT2D eigenvalue weighted by Gasteiger charge is 2.61. The van der Waals surface area contributed by atoms with Gasteiger partial charge in [-0.2, -0.15) is 0 Å². The number of fused-ring (bicyclic) bond motifs is 5. The van der Waals surface area contributed by atoms with Crippen molar-refractivity contribution in [2.24, 2.45) is 52.3 Å². The van der Waals surface area contributed by atoms with Crippen LogP contribution in [0.4, 0.5) is 0 Å². The highest BCUT2D eigenvalue weighted by molar-refractivity contribution is 5.79. The SMILES string of the molecule is CC[C@H]1C=C2NC(=O)CC[C@]2(C)C2CC[C@]3(C)C(C(C)CCCC(C)C)CCC3C21. The summed E-state index contributed by atoms with van der Waals surface area (Å²) < 4.78 is 0. The lowest BCUT2D eigenvalue weighted by molar-refractivity contribution is -0.126. The normalized spacial score (nSPS) is 44.0. The Morgan fingerprint density at radius 1 is 1.07 bits per heavy atom. The van der Waals surface area contributed by atoms with E-state index in [1.54, 1.807) is 0 Å². The lowest BCUT2D eigenvalue weighted by atomic mass is 9.46. The molecule has 2 saturated carbocycles. The van der Waals surface area contributed by atoms with Crippen LogP contribution in [0.1, 0.15) is 106 Å². The predicted molar refractivity (Wildman–Crippen MR) is 126 cm³/mol. The van der Waals surface area contributed by atoms with E-state index in [0.29, 0.717) is 17.8 Å². The molecule has 1 N–H and O–H groups in total. The van der Waals surface area contributed by atoms with Crippen molar-refractivity contribution in [2.75, 3.05) is 0 Å². The molecule has 3 fully saturated rings. The minimum absolute atomic E-state index is 0.201. The Hall–Kier alpha value is -0.790. The molecule has 4 aliphatic rings. The van der Waals surface area contributed by atoms with Crippen LogP contribution < -0.4 is 5.32 Å². The molecule has 5 unspecified atom stereocenters. The van der Waals surface area contributed by atoms with Gasteiger partial charge in [-0.05, 0) is 85.4 Å². The Labute approximate surface area is 186 Å². The molecule has 0 aromatic heterocycles. The molecule has 1 heterocycles. The fourth-order valence-electron chi connectivity index (χ4n) is 8.76. The largest absolute Gasteiger partial charge is 0.330 e. The number of allylic oxidation sites excluding steroid dienone is 2. The second kappa shape index (κ2) is 8.28. The average Bonchev–Trinajstić information content (AvgIpc) is 3.05. The number of amides is 1. The molecule has 2 nitrogen and oxygen atoms in total. The molecule has 1 aliphatic heterocycles. The molecule has 4 rings (SSSR count). The number of hydrogen-bond donors (Lipinski definition) is 1. The molecular weight excluding hydrogens is 366 g/mol. The summed E-state index contributed by atoms with van der Waals surface area (Å²) in [5.41, 5.74) is 2.02. The molecule has 0 aromatic rings. The summed E-state index contributed by atoms with van der Waals surface area (Å²) in [5, 5.41) is 3.31. The smallest absolute Gasteiger partial charge is 0.224 e. The van der Waals surface area contributed by atoms with E-state index in [1.807, 2.05) is 0 Å². The van der Waals surface area contributed by atoms with Crippen molar-refractivity contribution in [3.05, 3.63) is 11.8 Å². The van der Waals surface area contributed by atoms with E-state index in [9.17, 15) is 4.79 Å². The fraction of sp³-hybridized carbons (Fsp3) is 0.893. The molecule has 0 aromatic carbocycles. The van der Waals surface area contributed by atoms with Crippen LogP contribution in [0, 0.1) is 52.3 Å². The third-order valence-electron chi connectivity index (χ3n) is 10.5. The molecule has 3 aliphatic carbocycles. The van der Waals surface area contributed by atoms with Crippen LogP contribution in [0.25, 0.3) is 0 Å². The third-order valence-corrected chi connectivity index (χ3v) is 10.5. The van der Waals surface area contributed by atoms with Gasteiger partial charge in [0.2, 0.25) is 5.91 Å². The van der Waals surface area contributed by atoms with Gasteiger partial charge in [0, 0.05) is 17.5 Å². The van der Waals surface area contributed by atoms with Crippen molar-refractivity contribution in [1.29, 1.82) is 0 Å². The van der Waals surface area contributed by atoms with Gasteiger partial charge in [0.25, 0.3) is 0 Å². The standard InChI is InChI=1S/C28H47NO/c1-7-20-17-24-28(6,16-14-25(30)29-24)23-13-15-27(5)21(11-12-22(27)26(20)23)19(4)10-8-9-18(2)3/h17-23,26H,7-16H2,1-6H3,(H,29,30)/t19?,20-,21?,22?,23?,26?,27+,28+/m0/s1. The molecular formula is C28H47NO. The van der Waals surface area contributed by atoms with Crippen LogP contribution in [0.5, 0.6) is 0 Å². The zero-order valence-corrected chi connectivity index (χ0v) is 20.6. The van der Waals surface area contributed by atoms with Gasteiger partial charge in [-0.1, -0.05) is 66.9 Å². The zero-order valence-electron chi connectivity index (χ0n) is 20.6. The lowest BCUT2D eigenvalue weighted by Crippen LogP contribution is -2.55. The number of carbonyl (C=O) groups is 1. The van der Waals surface area contributed by atoms with Gasteiger partial charge in [-0.15, -0.1) is 0 Å². The van der Waals surface area contributed by atoms with Crippen molar-refractivity contribution in [3.63, 3.8) is 0 Å². The summed E-state index contributed by atoms with van der Waals surface area (Å²) in [5.74, 6) is 5.98. The Morgan fingerprint density at radius 3 is 2.53 bits per heavy atom. The number of hydrogen-bond acceptors (Lipinski definition) is 1. The third kappa shape index (κ3) is 3.58. The molecule has 30 heavy (non-hydrogen) atoms. The van der Waals surface area contributed by atoms with E-state index in [2.05, 4.69) is 52.9 Å². The topological polar surface area (TPSA) is 29.1 Å². The van der Waals surface area contributed by atoms with Crippen LogP contribution in [-0.2, 0) is 4.79 Å². The Kier molecular flexibility index (Phi) is 6.19. The van der Waals surface area contributed by atoms with E-state index >= 15 is 0 Å². The van der Waals surface area contributed by atoms with Gasteiger partial charge >= 0.3 is 0 Å². The summed E-state index contributed by atoms with van der Waals surface area (Å²) in [4.78, 5) is 12.1. The Bertz CT molecular complexity index is 680. The number of nitrogens with one attached hydrogen (secondary N) is 1. The van der Waals surface area contributed by atoms with Gasteiger partial charge in [0.05, 0.1) is 0 Å². The quantitative estimate of drug-likeness (QED) is 0.484. The van der Waals surface area contributed by atoms with E-state index in [0.717, 1.165) is 41.9 Å². The first-order valence-corrected chi connectivity index (χ1v) is 13.2. The van der Waals surface area contributed by atoms with Crippen molar-refractivity contribution in [1.82, 2.24) is 5.32 Å². The van der Waals surface area contributed by atoms with Crippen LogP contribution >= 0.6 is 0 Å². The summed E-state index contributed by atoms with van der Waals surface area (Å²) in [6, 6.07) is 0. The Balaban J connectivity index is 1.57. The second-order valence-corrected chi connectivity index (χ2v) is 12.4. The van der Waals surface area contributed by atoms with Gasteiger partial charge in [-0.3, -0.25) is 4.79 Å². The number of piperidine rings is 1. The second-order valence-electron chi connectivity index (χ2n) is 12.4. The number of carbonyl (C=O) groups excluding carboxylic acids is 1. The first kappa shape index (κ1) is 22.4. The minimum Gasteiger partial charge on any atom is -0.330 e. The summed E-state index contributed by atoms with van der Waals surface area (Å²) in [6.45, 7) is 14.8. The lowest BCUT2D eigenvalue weighted by Gasteiger charge is -2.59. The fourth-order valence-corrected chi connectivity index (χ4v) is 8.76. The molecule has 8 atom stereocenters. The maximum Gasteiger partial charge on any atom is 0.224 e. The minimum atomic E-state index is 0.201. The number of rotatable bonds is 6. The molecule has 0 spiro atoms. The predicted octanol–water partition coefficient (Wildman–Crippen LogP) is 7.35. The highest BCUT2D eigenvalue weighted by Crippen LogP contribution is 2.67. The van der Waals surface area contributed by atoms with Crippen molar-refractivity contribution in [3.8, 4) is 0 Å². The average molecular weight is 414 g/mol. The van der Waals surface area contributed by atoms with E-state index in [-0.39, 0.29) is 11.3 Å². The van der Waals surface area contributed by atoms with Gasteiger partial charge < -0.3 is 5.32 Å². The van der Waals surface area contributed by atoms with E-state index in [1.165, 1.54) is 57.1 Å².